The molecule has 22 heavy (non-hydrogen) atoms. The third-order valence-corrected chi connectivity index (χ3v) is 3.04. The lowest BCUT2D eigenvalue weighted by atomic mass is 10.1. The third-order valence-electron chi connectivity index (χ3n) is 3.04. The molecule has 0 bridgehead atoms. The molecule has 0 aliphatic rings. The SMILES string of the molecule is Cc1ccc(CC(=O)Nc2ccc(NC(C)(C)C)cn2)cc1. The number of anilines is 2. The lowest BCUT2D eigenvalue weighted by Crippen LogP contribution is -2.26. The van der Waals surface area contributed by atoms with Gasteiger partial charge in [-0.25, -0.2) is 4.98 Å². The Morgan fingerprint density at radius 3 is 2.32 bits per heavy atom. The molecule has 4 heteroatoms. The Balaban J connectivity index is 1.93. The van der Waals surface area contributed by atoms with Gasteiger partial charge in [-0.05, 0) is 45.4 Å². The average molecular weight is 297 g/mol. The summed E-state index contributed by atoms with van der Waals surface area (Å²) in [5.41, 5.74) is 3.10. The van der Waals surface area contributed by atoms with E-state index < -0.39 is 0 Å². The summed E-state index contributed by atoms with van der Waals surface area (Å²) in [4.78, 5) is 16.3. The molecular weight excluding hydrogens is 274 g/mol. The standard InChI is InChI=1S/C18H23N3O/c1-13-5-7-14(8-6-13)11-17(22)20-16-10-9-15(12-19-16)21-18(2,3)4/h5-10,12,21H,11H2,1-4H3,(H,19,20,22). The number of aromatic nitrogens is 1. The Kier molecular flexibility index (Phi) is 4.81. The van der Waals surface area contributed by atoms with Gasteiger partial charge in [0.2, 0.25) is 5.91 Å². The molecule has 0 atom stereocenters. The number of aryl methyl sites for hydroxylation is 1. The van der Waals surface area contributed by atoms with E-state index in [1.165, 1.54) is 5.56 Å². The number of hydrogen-bond acceptors (Lipinski definition) is 3. The Labute approximate surface area is 132 Å². The number of amides is 1. The van der Waals surface area contributed by atoms with Crippen LogP contribution < -0.4 is 10.6 Å². The molecule has 1 aromatic carbocycles. The molecule has 0 aliphatic heterocycles. The zero-order valence-electron chi connectivity index (χ0n) is 13.6. The van der Waals surface area contributed by atoms with Gasteiger partial charge in [0.25, 0.3) is 0 Å². The van der Waals surface area contributed by atoms with Crippen LogP contribution in [0.5, 0.6) is 0 Å². The van der Waals surface area contributed by atoms with E-state index in [9.17, 15) is 4.79 Å². The second-order valence-corrected chi connectivity index (χ2v) is 6.52. The number of pyridine rings is 1. The van der Waals surface area contributed by atoms with Crippen LogP contribution in [0.1, 0.15) is 31.9 Å². The summed E-state index contributed by atoms with van der Waals surface area (Å²) in [6.45, 7) is 8.29. The smallest absolute Gasteiger partial charge is 0.229 e. The van der Waals surface area contributed by atoms with Gasteiger partial charge >= 0.3 is 0 Å². The maximum absolute atomic E-state index is 12.0. The average Bonchev–Trinajstić information content (AvgIpc) is 2.42. The van der Waals surface area contributed by atoms with Gasteiger partial charge in [-0.15, -0.1) is 0 Å². The highest BCUT2D eigenvalue weighted by atomic mass is 16.1. The van der Waals surface area contributed by atoms with Gasteiger partial charge in [0.15, 0.2) is 0 Å². The molecular formula is C18H23N3O. The summed E-state index contributed by atoms with van der Waals surface area (Å²) in [5, 5.41) is 6.15. The van der Waals surface area contributed by atoms with Gasteiger partial charge in [0.05, 0.1) is 18.3 Å². The van der Waals surface area contributed by atoms with Crippen LogP contribution in [0.4, 0.5) is 11.5 Å². The maximum atomic E-state index is 12.0. The van der Waals surface area contributed by atoms with Gasteiger partial charge in [-0.2, -0.15) is 0 Å². The van der Waals surface area contributed by atoms with Crippen molar-refractivity contribution in [2.24, 2.45) is 0 Å². The predicted molar refractivity (Wildman–Crippen MR) is 91.1 cm³/mol. The van der Waals surface area contributed by atoms with Crippen LogP contribution in [0.2, 0.25) is 0 Å². The monoisotopic (exact) mass is 297 g/mol. The number of carbonyl (C=O) groups excluding carboxylic acids is 1. The number of nitrogens with one attached hydrogen (secondary N) is 2. The maximum Gasteiger partial charge on any atom is 0.229 e. The molecule has 1 aromatic heterocycles. The van der Waals surface area contributed by atoms with Gasteiger partial charge in [0.1, 0.15) is 5.82 Å². The Bertz CT molecular complexity index is 625. The second-order valence-electron chi connectivity index (χ2n) is 6.52. The van der Waals surface area contributed by atoms with E-state index in [0.717, 1.165) is 11.3 Å². The summed E-state index contributed by atoms with van der Waals surface area (Å²) in [6, 6.07) is 11.7. The fourth-order valence-corrected chi connectivity index (χ4v) is 2.05. The molecule has 0 fully saturated rings. The van der Waals surface area contributed by atoms with Crippen molar-refractivity contribution in [1.29, 1.82) is 0 Å². The third kappa shape index (κ3) is 5.20. The minimum absolute atomic E-state index is 0.0160. The van der Waals surface area contributed by atoms with Crippen molar-refractivity contribution in [1.82, 2.24) is 4.98 Å². The molecule has 116 valence electrons. The first-order valence-corrected chi connectivity index (χ1v) is 7.41. The van der Waals surface area contributed by atoms with Crippen LogP contribution in [0.25, 0.3) is 0 Å². The van der Waals surface area contributed by atoms with Crippen molar-refractivity contribution in [3.63, 3.8) is 0 Å². The number of hydrogen-bond donors (Lipinski definition) is 2. The van der Waals surface area contributed by atoms with Gasteiger partial charge in [-0.1, -0.05) is 29.8 Å². The molecule has 0 saturated carbocycles. The molecule has 0 saturated heterocycles. The van der Waals surface area contributed by atoms with Crippen LogP contribution in [-0.4, -0.2) is 16.4 Å². The van der Waals surface area contributed by atoms with Crippen molar-refractivity contribution < 1.29 is 4.79 Å². The van der Waals surface area contributed by atoms with Crippen molar-refractivity contribution in [3.05, 3.63) is 53.7 Å². The molecule has 0 radical (unpaired) electrons. The second kappa shape index (κ2) is 6.60. The lowest BCUT2D eigenvalue weighted by Gasteiger charge is -2.21. The number of benzene rings is 1. The normalized spacial score (nSPS) is 11.1. The van der Waals surface area contributed by atoms with Crippen molar-refractivity contribution in [3.8, 4) is 0 Å². The Morgan fingerprint density at radius 2 is 1.77 bits per heavy atom. The van der Waals surface area contributed by atoms with Crippen LogP contribution in [0, 0.1) is 6.92 Å². The van der Waals surface area contributed by atoms with E-state index in [2.05, 4.69) is 36.4 Å². The van der Waals surface area contributed by atoms with Gasteiger partial charge < -0.3 is 10.6 Å². The summed E-state index contributed by atoms with van der Waals surface area (Å²) in [6.07, 6.45) is 2.08. The first-order chi connectivity index (χ1) is 10.3. The van der Waals surface area contributed by atoms with Crippen molar-refractivity contribution in [2.75, 3.05) is 10.6 Å². The number of nitrogens with zero attached hydrogens (tertiary/aromatic N) is 1. The first-order valence-electron chi connectivity index (χ1n) is 7.41. The fourth-order valence-electron chi connectivity index (χ4n) is 2.05. The summed E-state index contributed by atoms with van der Waals surface area (Å²) in [7, 11) is 0. The highest BCUT2D eigenvalue weighted by molar-refractivity contribution is 5.91. The molecule has 0 unspecified atom stereocenters. The minimum Gasteiger partial charge on any atom is -0.379 e. The van der Waals surface area contributed by atoms with E-state index in [1.54, 1.807) is 12.3 Å². The quantitative estimate of drug-likeness (QED) is 0.903. The van der Waals surface area contributed by atoms with Crippen LogP contribution >= 0.6 is 0 Å². The van der Waals surface area contributed by atoms with E-state index in [-0.39, 0.29) is 11.4 Å². The minimum atomic E-state index is -0.0621. The lowest BCUT2D eigenvalue weighted by molar-refractivity contribution is -0.115. The van der Waals surface area contributed by atoms with Crippen molar-refractivity contribution in [2.45, 2.75) is 39.7 Å². The molecule has 0 aliphatic carbocycles. The zero-order valence-corrected chi connectivity index (χ0v) is 13.6. The Morgan fingerprint density at radius 1 is 1.09 bits per heavy atom. The topological polar surface area (TPSA) is 54.0 Å². The predicted octanol–water partition coefficient (Wildman–Crippen LogP) is 3.78. The van der Waals surface area contributed by atoms with E-state index in [4.69, 9.17) is 0 Å². The zero-order chi connectivity index (χ0) is 16.2. The molecule has 4 nitrogen and oxygen atoms in total. The largest absolute Gasteiger partial charge is 0.379 e. The van der Waals surface area contributed by atoms with E-state index in [0.29, 0.717) is 12.2 Å². The highest BCUT2D eigenvalue weighted by Crippen LogP contribution is 2.15. The van der Waals surface area contributed by atoms with Crippen LogP contribution in [-0.2, 0) is 11.2 Å². The molecule has 1 heterocycles. The summed E-state index contributed by atoms with van der Waals surface area (Å²) >= 11 is 0. The van der Waals surface area contributed by atoms with E-state index in [1.807, 2.05) is 37.3 Å². The first kappa shape index (κ1) is 16.0. The van der Waals surface area contributed by atoms with Gasteiger partial charge in [0, 0.05) is 5.54 Å². The molecule has 1 amide bonds. The van der Waals surface area contributed by atoms with Crippen molar-refractivity contribution >= 4 is 17.4 Å². The molecule has 2 rings (SSSR count). The number of carbonyl (C=O) groups is 1. The fraction of sp³-hybridized carbons (Fsp3) is 0.333. The summed E-state index contributed by atoms with van der Waals surface area (Å²) < 4.78 is 0. The molecule has 2 aromatic rings. The Hall–Kier alpha value is -2.36. The highest BCUT2D eigenvalue weighted by Gasteiger charge is 2.10. The summed E-state index contributed by atoms with van der Waals surface area (Å²) in [5.74, 6) is 0.504. The van der Waals surface area contributed by atoms with Crippen LogP contribution in [0.3, 0.4) is 0 Å². The number of rotatable bonds is 4. The molecule has 2 N–H and O–H groups in total. The molecule has 0 spiro atoms. The van der Waals surface area contributed by atoms with E-state index >= 15 is 0 Å². The van der Waals surface area contributed by atoms with Crippen LogP contribution in [0.15, 0.2) is 42.6 Å². The van der Waals surface area contributed by atoms with Gasteiger partial charge in [-0.3, -0.25) is 4.79 Å².